The van der Waals surface area contributed by atoms with E-state index in [0.29, 0.717) is 34.5 Å². The van der Waals surface area contributed by atoms with E-state index in [1.807, 2.05) is 36.4 Å². The quantitative estimate of drug-likeness (QED) is 0.0233. The molecule has 0 radical (unpaired) electrons. The number of halogens is 2. The third-order valence-corrected chi connectivity index (χ3v) is 17.5. The summed E-state index contributed by atoms with van der Waals surface area (Å²) in [7, 11) is -5.86. The number of fused-ring (bicyclic) bond motifs is 3. The monoisotopic (exact) mass is 1190 g/mol. The van der Waals surface area contributed by atoms with Crippen LogP contribution in [0.1, 0.15) is 143 Å². The van der Waals surface area contributed by atoms with Crippen LogP contribution in [0, 0.1) is 17.3 Å². The van der Waals surface area contributed by atoms with Gasteiger partial charge in [-0.25, -0.2) is 0 Å². The molecule has 4 aromatic carbocycles. The summed E-state index contributed by atoms with van der Waals surface area (Å²) < 4.78 is 53.4. The molecule has 2 unspecified atom stereocenters. The fourth-order valence-corrected chi connectivity index (χ4v) is 12.2. The van der Waals surface area contributed by atoms with Crippen LogP contribution in [0.3, 0.4) is 0 Å². The van der Waals surface area contributed by atoms with E-state index in [4.69, 9.17) is 9.47 Å². The number of morpholine rings is 1. The maximum Gasteiger partial charge on any atom is 0.399 e. The second-order valence-corrected chi connectivity index (χ2v) is 25.1. The summed E-state index contributed by atoms with van der Waals surface area (Å²) >= 11 is 0.950. The van der Waals surface area contributed by atoms with Gasteiger partial charge in [-0.3, -0.25) is 53.1 Å². The van der Waals surface area contributed by atoms with Gasteiger partial charge in [0.25, 0.3) is 23.6 Å². The zero-order chi connectivity index (χ0) is 60.1. The lowest BCUT2D eigenvalue weighted by Crippen LogP contribution is -2.61. The van der Waals surface area contributed by atoms with Crippen molar-refractivity contribution in [3.63, 3.8) is 0 Å². The molecule has 2 fully saturated rings. The van der Waals surface area contributed by atoms with Crippen molar-refractivity contribution in [1.82, 2.24) is 30.7 Å². The number of nitrogens with one attached hydrogen (secondary N) is 3. The Balaban J connectivity index is 0.780. The third-order valence-electron chi connectivity index (χ3n) is 15.4. The number of hydrogen-bond acceptors (Lipinski definition) is 12. The second kappa shape index (κ2) is 25.7. The van der Waals surface area contributed by atoms with Gasteiger partial charge in [-0.15, -0.1) is 11.3 Å². The molecule has 1 aromatic heterocycles. The molecule has 23 heteroatoms. The number of benzene rings is 4. The van der Waals surface area contributed by atoms with Gasteiger partial charge in [0.15, 0.2) is 6.61 Å². The van der Waals surface area contributed by atoms with Gasteiger partial charge in [-0.1, -0.05) is 107 Å². The lowest BCUT2D eigenvalue weighted by molar-refractivity contribution is -0.153. The number of amides is 8. The number of hydrogen-bond donors (Lipinski definition) is 5. The van der Waals surface area contributed by atoms with Crippen molar-refractivity contribution in [2.45, 2.75) is 121 Å². The number of rotatable bonds is 19. The molecule has 9 rings (SSSR count). The zero-order valence-electron chi connectivity index (χ0n) is 46.6. The summed E-state index contributed by atoms with van der Waals surface area (Å²) in [6.45, 7) is 6.18. The van der Waals surface area contributed by atoms with Crippen LogP contribution in [-0.2, 0) is 51.9 Å². The van der Waals surface area contributed by atoms with Crippen LogP contribution >= 0.6 is 18.9 Å². The van der Waals surface area contributed by atoms with Crippen LogP contribution in [0.5, 0.6) is 5.75 Å². The van der Waals surface area contributed by atoms with Crippen molar-refractivity contribution in [1.29, 1.82) is 0 Å². The van der Waals surface area contributed by atoms with Gasteiger partial charge in [-0.2, -0.15) is 8.78 Å². The molecule has 84 heavy (non-hydrogen) atoms. The Morgan fingerprint density at radius 1 is 0.893 bits per heavy atom. The van der Waals surface area contributed by atoms with Crippen molar-refractivity contribution in [2.24, 2.45) is 5.41 Å². The van der Waals surface area contributed by atoms with Crippen LogP contribution in [0.4, 0.5) is 8.78 Å². The standard InChI is InChI=1S/C61H65F2N6O13PS/c1-60(2,3)53(66-55(73)49-33-40-30-42(22-25-48(40)84-49)61(62,63)83(78,79)80)59(77)68-34-41-31-43(23-21-39(41)32-46(68)57(75)67-28-29-81-47(35-67)37-16-12-10-13-17-37)82-36-51(71)64-27-14-9-7-5-4-6-8-11-18-38-19-15-20-44-52(38)58(76)69(56(44)74)45-24-26-50(70)65-54(45)72/h10,12-13,15-17,19-23,25,30-31,33,45-47,53H,4-9,14,24,26-29,32,34-36H2,1-3H3,(H,64,71)(H,66,73)(H,65,70,72)(H2,78,79,80)/t45?,46-,47-,53?/m0/s1. The minimum Gasteiger partial charge on any atom is -0.484 e. The molecule has 2 saturated heterocycles. The first-order valence-electron chi connectivity index (χ1n) is 27.9. The molecule has 4 atom stereocenters. The van der Waals surface area contributed by atoms with Crippen molar-refractivity contribution in [3.05, 3.63) is 135 Å². The second-order valence-electron chi connectivity index (χ2n) is 22.4. The number of nitrogens with zero attached hydrogens (tertiary/aromatic N) is 3. The Hall–Kier alpha value is -7.67. The molecular formula is C61H65F2N6O13PS. The van der Waals surface area contributed by atoms with Gasteiger partial charge in [0.2, 0.25) is 23.6 Å². The Morgan fingerprint density at radius 3 is 2.38 bits per heavy atom. The number of thiophene rings is 1. The number of unbranched alkanes of at least 4 members (excludes halogenated alkanes) is 6. The molecule has 0 saturated carbocycles. The van der Waals surface area contributed by atoms with E-state index < -0.39 is 83.9 Å². The Bertz CT molecular complexity index is 3520. The van der Waals surface area contributed by atoms with Gasteiger partial charge < -0.3 is 39.7 Å². The third kappa shape index (κ3) is 13.6. The largest absolute Gasteiger partial charge is 0.484 e. The first-order chi connectivity index (χ1) is 40.0. The van der Waals surface area contributed by atoms with Crippen molar-refractivity contribution in [2.75, 3.05) is 32.8 Å². The van der Waals surface area contributed by atoms with Crippen LogP contribution in [0.25, 0.3) is 10.1 Å². The van der Waals surface area contributed by atoms with Crippen molar-refractivity contribution < 1.29 is 71.0 Å². The van der Waals surface area contributed by atoms with Crippen molar-refractivity contribution in [3.8, 4) is 17.6 Å². The number of carbonyl (C=O) groups is 8. The molecule has 8 amide bonds. The van der Waals surface area contributed by atoms with E-state index in [9.17, 15) is 56.7 Å². The molecule has 0 aliphatic carbocycles. The fourth-order valence-electron chi connectivity index (χ4n) is 10.8. The van der Waals surface area contributed by atoms with E-state index >= 15 is 4.79 Å². The van der Waals surface area contributed by atoms with Gasteiger partial charge in [0.05, 0.1) is 29.2 Å². The first-order valence-corrected chi connectivity index (χ1v) is 30.3. The summed E-state index contributed by atoms with van der Waals surface area (Å²) in [5, 5.41) is 8.10. The smallest absolute Gasteiger partial charge is 0.399 e. The molecule has 4 aliphatic heterocycles. The average Bonchev–Trinajstić information content (AvgIpc) is 2.27. The summed E-state index contributed by atoms with van der Waals surface area (Å²) in [4.78, 5) is 130. The minimum absolute atomic E-state index is 0.0331. The minimum atomic E-state index is -5.86. The summed E-state index contributed by atoms with van der Waals surface area (Å²) in [5.41, 5.74) is -3.20. The summed E-state index contributed by atoms with van der Waals surface area (Å²) in [6.07, 6.45) is 5.66. The highest BCUT2D eigenvalue weighted by atomic mass is 32.1. The van der Waals surface area contributed by atoms with E-state index in [2.05, 4.69) is 27.8 Å². The van der Waals surface area contributed by atoms with Crippen LogP contribution in [0.15, 0.2) is 91.0 Å². The van der Waals surface area contributed by atoms with E-state index in [-0.39, 0.29) is 85.3 Å². The SMILES string of the molecule is CC(C)(C)C(NC(=O)c1cc2cc(C(F)(F)P(=O)(O)O)ccc2s1)C(=O)N1Cc2cc(OCC(=O)NCCCCCCCCC#Cc3cccc4c3C(=O)N(C3CCC(=O)NC3=O)C4=O)ccc2C[C@H]1C(=O)N1CCO[C@H](c2ccccc2)C1. The van der Waals surface area contributed by atoms with Gasteiger partial charge in [0, 0.05) is 54.7 Å². The van der Waals surface area contributed by atoms with Crippen molar-refractivity contribution >= 4 is 76.3 Å². The predicted molar refractivity (Wildman–Crippen MR) is 305 cm³/mol. The maximum atomic E-state index is 15.2. The highest BCUT2D eigenvalue weighted by Crippen LogP contribution is 2.59. The van der Waals surface area contributed by atoms with E-state index in [1.165, 1.54) is 23.1 Å². The van der Waals surface area contributed by atoms with Gasteiger partial charge in [0.1, 0.15) is 30.0 Å². The Kier molecular flexibility index (Phi) is 18.6. The Labute approximate surface area is 488 Å². The van der Waals surface area contributed by atoms with Gasteiger partial charge in [-0.05, 0) is 89.2 Å². The molecule has 0 bridgehead atoms. The fraction of sp³-hybridized carbons (Fsp3) is 0.410. The number of ether oxygens (including phenoxy) is 2. The van der Waals surface area contributed by atoms with E-state index in [0.717, 1.165) is 78.0 Å². The number of imide groups is 2. The highest BCUT2D eigenvalue weighted by Gasteiger charge is 2.51. The van der Waals surface area contributed by atoms with Crippen LogP contribution in [-0.4, -0.2) is 123 Å². The van der Waals surface area contributed by atoms with Crippen LogP contribution < -0.4 is 20.7 Å². The molecule has 0 spiro atoms. The van der Waals surface area contributed by atoms with Gasteiger partial charge >= 0.3 is 13.3 Å². The molecule has 442 valence electrons. The van der Waals surface area contributed by atoms with E-state index in [1.54, 1.807) is 49.9 Å². The lowest BCUT2D eigenvalue weighted by atomic mass is 9.84. The van der Waals surface area contributed by atoms with Crippen LogP contribution in [0.2, 0.25) is 0 Å². The first kappa shape index (κ1) is 60.9. The number of alkyl halides is 2. The number of piperidine rings is 1. The summed E-state index contributed by atoms with van der Waals surface area (Å²) in [6, 6.07) is 20.7. The average molecular weight is 1190 g/mol. The zero-order valence-corrected chi connectivity index (χ0v) is 48.3. The lowest BCUT2D eigenvalue weighted by Gasteiger charge is -2.43. The predicted octanol–water partition coefficient (Wildman–Crippen LogP) is 7.51. The molecule has 5 N–H and O–H groups in total. The molecule has 5 aromatic rings. The summed E-state index contributed by atoms with van der Waals surface area (Å²) in [5.74, 6) is 2.34. The molecule has 5 heterocycles. The highest BCUT2D eigenvalue weighted by molar-refractivity contribution is 7.52. The Morgan fingerprint density at radius 2 is 1.64 bits per heavy atom. The topological polar surface area (TPSA) is 258 Å². The molecule has 4 aliphatic rings. The molecule has 19 nitrogen and oxygen atoms in total. The molecular weight excluding hydrogens is 1130 g/mol. The normalized spacial score (nSPS) is 18.6. The maximum absolute atomic E-state index is 15.2. The number of carbonyl (C=O) groups excluding carboxylic acids is 8.